The van der Waals surface area contributed by atoms with Crippen LogP contribution in [0.4, 0.5) is 24.5 Å². The summed E-state index contributed by atoms with van der Waals surface area (Å²) in [5.74, 6) is -3.67. The molecule has 3 heterocycles. The fourth-order valence-electron chi connectivity index (χ4n) is 5.96. The lowest BCUT2D eigenvalue weighted by Gasteiger charge is -2.64. The van der Waals surface area contributed by atoms with Crippen LogP contribution in [0.3, 0.4) is 0 Å². The second-order valence-corrected chi connectivity index (χ2v) is 11.7. The van der Waals surface area contributed by atoms with E-state index in [1.807, 2.05) is 13.0 Å². The Bertz CT molecular complexity index is 1470. The number of carbonyl (C=O) groups excluding carboxylic acids is 3. The van der Waals surface area contributed by atoms with Crippen LogP contribution in [0.25, 0.3) is 0 Å². The molecule has 1 unspecified atom stereocenters. The molecule has 0 radical (unpaired) electrons. The lowest BCUT2D eigenvalue weighted by atomic mass is 9.74. The Morgan fingerprint density at radius 2 is 1.90 bits per heavy atom. The minimum atomic E-state index is -2.99. The normalized spacial score (nSPS) is 20.8. The van der Waals surface area contributed by atoms with Crippen LogP contribution in [0, 0.1) is 12.7 Å². The number of amides is 3. The van der Waals surface area contributed by atoms with Gasteiger partial charge >= 0.3 is 0 Å². The van der Waals surface area contributed by atoms with E-state index >= 15 is 0 Å². The molecule has 1 spiro atoms. The molecule has 224 valence electrons. The molecule has 2 N–H and O–H groups in total. The quantitative estimate of drug-likeness (QED) is 0.263. The summed E-state index contributed by atoms with van der Waals surface area (Å²) < 4.78 is 43.2. The van der Waals surface area contributed by atoms with E-state index in [0.29, 0.717) is 47.1 Å². The Hall–Kier alpha value is -3.35. The van der Waals surface area contributed by atoms with Gasteiger partial charge in [-0.15, -0.1) is 0 Å². The number of alkyl halides is 2. The lowest BCUT2D eigenvalue weighted by molar-refractivity contribution is -0.275. The third-order valence-corrected chi connectivity index (χ3v) is 8.81. The van der Waals surface area contributed by atoms with Gasteiger partial charge in [-0.25, -0.2) is 18.2 Å². The minimum absolute atomic E-state index is 0.0312. The van der Waals surface area contributed by atoms with Crippen LogP contribution < -0.4 is 10.6 Å². The number of fused-ring (bicyclic) bond motifs is 1. The van der Waals surface area contributed by atoms with Crippen LogP contribution >= 0.6 is 23.2 Å². The summed E-state index contributed by atoms with van der Waals surface area (Å²) in [4.78, 5) is 44.4. The van der Waals surface area contributed by atoms with Gasteiger partial charge in [0.05, 0.1) is 37.1 Å². The van der Waals surface area contributed by atoms with Gasteiger partial charge in [-0.2, -0.15) is 0 Å². The van der Waals surface area contributed by atoms with Crippen molar-refractivity contribution in [2.24, 2.45) is 4.99 Å². The third kappa shape index (κ3) is 5.31. The first-order chi connectivity index (χ1) is 19.9. The molecule has 14 heteroatoms. The smallest absolute Gasteiger partial charge is 0.290 e. The van der Waals surface area contributed by atoms with E-state index in [9.17, 15) is 27.6 Å². The third-order valence-electron chi connectivity index (χ3n) is 8.27. The average Bonchev–Trinajstić information content (AvgIpc) is 2.89. The molecule has 3 aliphatic rings. The van der Waals surface area contributed by atoms with Crippen molar-refractivity contribution in [2.75, 3.05) is 44.6 Å². The molecular weight excluding hydrogens is 596 g/mol. The summed E-state index contributed by atoms with van der Waals surface area (Å²) in [6.45, 7) is 3.03. The molecule has 42 heavy (non-hydrogen) atoms. The van der Waals surface area contributed by atoms with E-state index in [1.165, 1.54) is 12.1 Å². The first kappa shape index (κ1) is 30.1. The predicted octanol–water partition coefficient (Wildman–Crippen LogP) is 3.94. The van der Waals surface area contributed by atoms with Gasteiger partial charge in [0.2, 0.25) is 18.7 Å². The number of halogens is 5. The Kier molecular flexibility index (Phi) is 8.16. The molecule has 2 aromatic rings. The van der Waals surface area contributed by atoms with Gasteiger partial charge in [0.1, 0.15) is 17.2 Å². The number of amidine groups is 1. The van der Waals surface area contributed by atoms with Gasteiger partial charge in [0, 0.05) is 29.7 Å². The van der Waals surface area contributed by atoms with E-state index in [-0.39, 0.29) is 49.7 Å². The maximum atomic E-state index is 14.9. The summed E-state index contributed by atoms with van der Waals surface area (Å²) >= 11 is 12.5. The Labute approximate surface area is 250 Å². The van der Waals surface area contributed by atoms with Crippen molar-refractivity contribution in [3.8, 4) is 0 Å². The Morgan fingerprint density at radius 1 is 1.17 bits per heavy atom. The van der Waals surface area contributed by atoms with Crippen LogP contribution in [-0.4, -0.2) is 90.0 Å². The number of rotatable bonds is 8. The molecule has 0 bridgehead atoms. The standard InChI is InChI=1S/C28H29Cl2F3N6O3/c1-16-5-21(31)23(34-9-25(42)39-4-3-18-6-19(29)7-20(30)26(18)17(39)2)8-22(16)36-24(35-14-40)10-37-11-27(12-37)28(32,33)13-38(27)15-41/h5-8,14-15,17,34H,3-4,9-13H2,1-2H3,(H,35,36,40). The second-order valence-electron chi connectivity index (χ2n) is 10.9. The van der Waals surface area contributed by atoms with Crippen molar-refractivity contribution < 1.29 is 27.6 Å². The van der Waals surface area contributed by atoms with Gasteiger partial charge < -0.3 is 20.4 Å². The predicted molar refractivity (Wildman–Crippen MR) is 153 cm³/mol. The van der Waals surface area contributed by atoms with Gasteiger partial charge in [0.15, 0.2) is 0 Å². The van der Waals surface area contributed by atoms with Crippen LogP contribution in [0.2, 0.25) is 10.0 Å². The number of nitrogens with one attached hydrogen (secondary N) is 2. The summed E-state index contributed by atoms with van der Waals surface area (Å²) in [5.41, 5.74) is 1.09. The molecule has 2 saturated heterocycles. The van der Waals surface area contributed by atoms with Gasteiger partial charge in [-0.1, -0.05) is 23.2 Å². The van der Waals surface area contributed by atoms with Gasteiger partial charge in [-0.05, 0) is 61.2 Å². The first-order valence-electron chi connectivity index (χ1n) is 13.3. The number of hydrogen-bond acceptors (Lipinski definition) is 6. The first-order valence-corrected chi connectivity index (χ1v) is 14.1. The van der Waals surface area contributed by atoms with Crippen molar-refractivity contribution >= 4 is 59.1 Å². The van der Waals surface area contributed by atoms with Gasteiger partial charge in [-0.3, -0.25) is 19.3 Å². The van der Waals surface area contributed by atoms with Crippen molar-refractivity contribution in [1.29, 1.82) is 0 Å². The number of aliphatic imine (C=N–C) groups is 1. The number of benzene rings is 2. The van der Waals surface area contributed by atoms with E-state index < -0.39 is 23.8 Å². The van der Waals surface area contributed by atoms with Crippen molar-refractivity contribution in [2.45, 2.75) is 37.8 Å². The van der Waals surface area contributed by atoms with Gasteiger partial charge in [0.25, 0.3) is 5.92 Å². The zero-order valence-corrected chi connectivity index (χ0v) is 24.4. The molecule has 0 aliphatic carbocycles. The number of carbonyl (C=O) groups is 3. The number of nitrogens with zero attached hydrogens (tertiary/aromatic N) is 4. The van der Waals surface area contributed by atoms with Crippen molar-refractivity contribution in [1.82, 2.24) is 20.0 Å². The fraction of sp³-hybridized carbons (Fsp3) is 0.429. The second kappa shape index (κ2) is 11.4. The maximum Gasteiger partial charge on any atom is 0.290 e. The number of aryl methyl sites for hydroxylation is 1. The highest BCUT2D eigenvalue weighted by Crippen LogP contribution is 2.49. The molecule has 9 nitrogen and oxygen atoms in total. The summed E-state index contributed by atoms with van der Waals surface area (Å²) in [5, 5.41) is 6.34. The molecule has 2 aromatic carbocycles. The fourth-order valence-corrected chi connectivity index (χ4v) is 6.65. The van der Waals surface area contributed by atoms with E-state index in [1.54, 1.807) is 22.8 Å². The molecule has 3 aliphatic heterocycles. The average molecular weight is 625 g/mol. The number of anilines is 1. The molecule has 0 aromatic heterocycles. The molecule has 3 amide bonds. The Morgan fingerprint density at radius 3 is 2.57 bits per heavy atom. The summed E-state index contributed by atoms with van der Waals surface area (Å²) in [7, 11) is 0. The highest BCUT2D eigenvalue weighted by molar-refractivity contribution is 6.35. The van der Waals surface area contributed by atoms with E-state index in [2.05, 4.69) is 15.6 Å². The van der Waals surface area contributed by atoms with E-state index in [4.69, 9.17) is 23.2 Å². The zero-order valence-electron chi connectivity index (χ0n) is 22.9. The zero-order chi connectivity index (χ0) is 30.4. The summed E-state index contributed by atoms with van der Waals surface area (Å²) in [6.07, 6.45) is 1.42. The topological polar surface area (TPSA) is 97.3 Å². The molecule has 0 saturated carbocycles. The minimum Gasteiger partial charge on any atom is -0.374 e. The van der Waals surface area contributed by atoms with Crippen LogP contribution in [-0.2, 0) is 20.8 Å². The van der Waals surface area contributed by atoms with Crippen LogP contribution in [0.1, 0.15) is 29.7 Å². The molecule has 5 rings (SSSR count). The maximum absolute atomic E-state index is 14.9. The number of hydrogen-bond donors (Lipinski definition) is 2. The molecule has 1 atom stereocenters. The van der Waals surface area contributed by atoms with Crippen LogP contribution in [0.5, 0.6) is 0 Å². The molecular formula is C28H29Cl2F3N6O3. The SMILES string of the molecule is Cc1cc(F)c(NCC(=O)N2CCc3cc(Cl)cc(Cl)c3C2C)cc1N=C(CN1CC2(C1)N(C=O)CC2(F)F)NC=O. The van der Waals surface area contributed by atoms with Crippen LogP contribution in [0.15, 0.2) is 29.3 Å². The van der Waals surface area contributed by atoms with Crippen molar-refractivity contribution in [3.05, 3.63) is 56.8 Å². The van der Waals surface area contributed by atoms with Crippen molar-refractivity contribution in [3.63, 3.8) is 0 Å². The Balaban J connectivity index is 1.27. The lowest BCUT2D eigenvalue weighted by Crippen LogP contribution is -2.87. The highest BCUT2D eigenvalue weighted by atomic mass is 35.5. The monoisotopic (exact) mass is 624 g/mol. The number of likely N-dealkylation sites (tertiary alicyclic amines) is 2. The largest absolute Gasteiger partial charge is 0.374 e. The summed E-state index contributed by atoms with van der Waals surface area (Å²) in [6, 6.07) is 5.86. The highest BCUT2D eigenvalue weighted by Gasteiger charge is 2.72. The van der Waals surface area contributed by atoms with E-state index in [0.717, 1.165) is 16.0 Å². The molecule has 2 fully saturated rings.